The van der Waals surface area contributed by atoms with E-state index in [1.807, 2.05) is 67.3 Å². The topological polar surface area (TPSA) is 66.9 Å². The Hall–Kier alpha value is -3.41. The molecule has 0 N–H and O–H groups in total. The van der Waals surface area contributed by atoms with Crippen molar-refractivity contribution in [3.63, 3.8) is 0 Å². The van der Waals surface area contributed by atoms with Gasteiger partial charge in [0.1, 0.15) is 0 Å². The zero-order chi connectivity index (χ0) is 25.8. The number of benzene rings is 2. The third-order valence-electron chi connectivity index (χ3n) is 7.35. The van der Waals surface area contributed by atoms with E-state index in [0.29, 0.717) is 29.3 Å². The molecule has 6 nitrogen and oxygen atoms in total. The summed E-state index contributed by atoms with van der Waals surface area (Å²) in [4.78, 5) is 43.1. The van der Waals surface area contributed by atoms with Crippen molar-refractivity contribution >= 4 is 17.8 Å². The Kier molecular flexibility index (Phi) is 7.92. The number of aryl methyl sites for hydroxylation is 1. The Morgan fingerprint density at radius 2 is 1.75 bits per heavy atom. The highest BCUT2D eigenvalue weighted by Gasteiger charge is 2.37. The lowest BCUT2D eigenvalue weighted by molar-refractivity contribution is -0.140. The highest BCUT2D eigenvalue weighted by Crippen LogP contribution is 2.38. The molecule has 2 aliphatic rings. The highest BCUT2D eigenvalue weighted by molar-refractivity contribution is 5.96. The first kappa shape index (κ1) is 25.7. The molecular weight excluding hydrogens is 452 g/mol. The van der Waals surface area contributed by atoms with E-state index in [1.165, 1.54) is 0 Å². The van der Waals surface area contributed by atoms with Crippen LogP contribution in [0.15, 0.2) is 59.8 Å². The maximum Gasteiger partial charge on any atom is 0.336 e. The molecule has 4 rings (SSSR count). The summed E-state index contributed by atoms with van der Waals surface area (Å²) < 4.78 is 5.41. The molecule has 0 bridgehead atoms. The van der Waals surface area contributed by atoms with Crippen molar-refractivity contribution in [1.82, 2.24) is 9.80 Å². The summed E-state index contributed by atoms with van der Waals surface area (Å²) in [6.07, 6.45) is 2.24. The summed E-state index contributed by atoms with van der Waals surface area (Å²) in [7, 11) is 0. The number of ether oxygens (including phenoxy) is 1. The van der Waals surface area contributed by atoms with Gasteiger partial charge in [0.2, 0.25) is 5.91 Å². The molecule has 0 saturated carbocycles. The van der Waals surface area contributed by atoms with Crippen LogP contribution in [0.2, 0.25) is 0 Å². The average Bonchev–Trinajstić information content (AvgIpc) is 2.86. The standard InChI is InChI=1S/C30H36N2O4/c1-5-36-30(35)28-22(4)32(27(33)18-26(28)24-10-6-8-21(3)16-24)19-23-9-7-11-25(17-23)29(34)31-14-12-20(2)13-15-31/h6-11,16-17,20,26H,5,12-15,18-19H2,1-4H3. The Morgan fingerprint density at radius 3 is 2.44 bits per heavy atom. The number of carbonyl (C=O) groups excluding carboxylic acids is 3. The van der Waals surface area contributed by atoms with Crippen molar-refractivity contribution in [2.24, 2.45) is 5.92 Å². The number of carbonyl (C=O) groups is 3. The van der Waals surface area contributed by atoms with Crippen LogP contribution >= 0.6 is 0 Å². The van der Waals surface area contributed by atoms with Gasteiger partial charge in [0, 0.05) is 36.7 Å². The van der Waals surface area contributed by atoms with Crippen LogP contribution in [-0.2, 0) is 20.9 Å². The van der Waals surface area contributed by atoms with Gasteiger partial charge in [-0.1, -0.05) is 48.9 Å². The molecule has 0 spiro atoms. The second kappa shape index (κ2) is 11.1. The lowest BCUT2D eigenvalue weighted by atomic mass is 9.83. The molecular formula is C30H36N2O4. The Morgan fingerprint density at radius 1 is 1.03 bits per heavy atom. The number of hydrogen-bond donors (Lipinski definition) is 0. The zero-order valence-electron chi connectivity index (χ0n) is 21.8. The van der Waals surface area contributed by atoms with Crippen molar-refractivity contribution in [3.05, 3.63) is 82.1 Å². The number of esters is 1. The minimum Gasteiger partial charge on any atom is -0.463 e. The molecule has 0 aliphatic carbocycles. The summed E-state index contributed by atoms with van der Waals surface area (Å²) in [5.74, 6) is -0.0941. The van der Waals surface area contributed by atoms with E-state index in [-0.39, 0.29) is 36.7 Å². The van der Waals surface area contributed by atoms with Crippen LogP contribution in [0.4, 0.5) is 0 Å². The van der Waals surface area contributed by atoms with E-state index in [4.69, 9.17) is 4.74 Å². The molecule has 2 aromatic rings. The van der Waals surface area contributed by atoms with E-state index >= 15 is 0 Å². The Balaban J connectivity index is 1.62. The molecule has 0 radical (unpaired) electrons. The molecule has 1 atom stereocenters. The van der Waals surface area contributed by atoms with Crippen molar-refractivity contribution in [2.75, 3.05) is 19.7 Å². The van der Waals surface area contributed by atoms with Gasteiger partial charge >= 0.3 is 5.97 Å². The minimum atomic E-state index is -0.387. The van der Waals surface area contributed by atoms with Crippen LogP contribution in [0, 0.1) is 12.8 Å². The maximum atomic E-state index is 13.4. The van der Waals surface area contributed by atoms with Crippen LogP contribution in [0.3, 0.4) is 0 Å². The van der Waals surface area contributed by atoms with Gasteiger partial charge in [0.05, 0.1) is 18.7 Å². The molecule has 2 aromatic carbocycles. The van der Waals surface area contributed by atoms with Crippen LogP contribution in [0.1, 0.15) is 73.0 Å². The largest absolute Gasteiger partial charge is 0.463 e. The molecule has 1 saturated heterocycles. The summed E-state index contributed by atoms with van der Waals surface area (Å²) in [6.45, 7) is 9.94. The maximum absolute atomic E-state index is 13.4. The summed E-state index contributed by atoms with van der Waals surface area (Å²) >= 11 is 0. The van der Waals surface area contributed by atoms with Crippen LogP contribution in [-0.4, -0.2) is 47.3 Å². The predicted octanol–water partition coefficient (Wildman–Crippen LogP) is 5.22. The van der Waals surface area contributed by atoms with Crippen LogP contribution < -0.4 is 0 Å². The molecule has 190 valence electrons. The number of likely N-dealkylation sites (tertiary alicyclic amines) is 1. The number of hydrogen-bond acceptors (Lipinski definition) is 4. The van der Waals surface area contributed by atoms with Gasteiger partial charge in [-0.05, 0) is 62.8 Å². The second-order valence-electron chi connectivity index (χ2n) is 10.0. The fraction of sp³-hybridized carbons (Fsp3) is 0.433. The number of allylic oxidation sites excluding steroid dienone is 1. The zero-order valence-corrected chi connectivity index (χ0v) is 21.8. The third-order valence-corrected chi connectivity index (χ3v) is 7.35. The van der Waals surface area contributed by atoms with Gasteiger partial charge in [0.25, 0.3) is 5.91 Å². The minimum absolute atomic E-state index is 0.0349. The van der Waals surface area contributed by atoms with Gasteiger partial charge in [-0.15, -0.1) is 0 Å². The molecule has 6 heteroatoms. The first-order valence-electron chi connectivity index (χ1n) is 12.9. The molecule has 1 unspecified atom stereocenters. The van der Waals surface area contributed by atoms with Crippen LogP contribution in [0.25, 0.3) is 0 Å². The lowest BCUT2D eigenvalue weighted by Crippen LogP contribution is -2.38. The Labute approximate surface area is 213 Å². The number of rotatable bonds is 6. The normalized spacial score (nSPS) is 19.0. The third kappa shape index (κ3) is 5.53. The fourth-order valence-electron chi connectivity index (χ4n) is 5.23. The molecule has 2 aliphatic heterocycles. The van der Waals surface area contributed by atoms with E-state index in [9.17, 15) is 14.4 Å². The summed E-state index contributed by atoms with van der Waals surface area (Å²) in [5.41, 5.74) is 4.64. The molecule has 2 heterocycles. The van der Waals surface area contributed by atoms with Gasteiger partial charge in [-0.25, -0.2) is 4.79 Å². The van der Waals surface area contributed by atoms with Crippen molar-refractivity contribution in [3.8, 4) is 0 Å². The smallest absolute Gasteiger partial charge is 0.336 e. The van der Waals surface area contributed by atoms with E-state index in [0.717, 1.165) is 42.6 Å². The molecule has 0 aromatic heterocycles. The average molecular weight is 489 g/mol. The summed E-state index contributed by atoms with van der Waals surface area (Å²) in [6, 6.07) is 15.4. The molecule has 2 amide bonds. The van der Waals surface area contributed by atoms with Crippen molar-refractivity contribution in [1.29, 1.82) is 0 Å². The summed E-state index contributed by atoms with van der Waals surface area (Å²) in [5, 5.41) is 0. The first-order valence-corrected chi connectivity index (χ1v) is 12.9. The van der Waals surface area contributed by atoms with Crippen LogP contribution in [0.5, 0.6) is 0 Å². The number of amides is 2. The first-order chi connectivity index (χ1) is 17.3. The quantitative estimate of drug-likeness (QED) is 0.523. The lowest BCUT2D eigenvalue weighted by Gasteiger charge is -2.35. The van der Waals surface area contributed by atoms with Gasteiger partial charge in [-0.2, -0.15) is 0 Å². The second-order valence-corrected chi connectivity index (χ2v) is 10.0. The highest BCUT2D eigenvalue weighted by atomic mass is 16.5. The van der Waals surface area contributed by atoms with Crippen molar-refractivity contribution in [2.45, 2.75) is 59.4 Å². The fourth-order valence-corrected chi connectivity index (χ4v) is 5.23. The predicted molar refractivity (Wildman–Crippen MR) is 139 cm³/mol. The number of piperidine rings is 1. The van der Waals surface area contributed by atoms with Crippen molar-refractivity contribution < 1.29 is 19.1 Å². The van der Waals surface area contributed by atoms with Gasteiger partial charge in [0.15, 0.2) is 0 Å². The van der Waals surface area contributed by atoms with E-state index in [1.54, 1.807) is 11.8 Å². The molecule has 1 fully saturated rings. The number of nitrogens with zero attached hydrogens (tertiary/aromatic N) is 2. The van der Waals surface area contributed by atoms with Gasteiger partial charge < -0.3 is 14.5 Å². The Bertz CT molecular complexity index is 1180. The molecule has 36 heavy (non-hydrogen) atoms. The van der Waals surface area contributed by atoms with E-state index < -0.39 is 0 Å². The SMILES string of the molecule is CCOC(=O)C1=C(C)N(Cc2cccc(C(=O)N3CCC(C)CC3)c2)C(=O)CC1c1cccc(C)c1. The van der Waals surface area contributed by atoms with Gasteiger partial charge in [-0.3, -0.25) is 9.59 Å². The van der Waals surface area contributed by atoms with E-state index in [2.05, 4.69) is 6.92 Å². The monoisotopic (exact) mass is 488 g/mol.